The van der Waals surface area contributed by atoms with Crippen LogP contribution >= 0.6 is 0 Å². The highest BCUT2D eigenvalue weighted by Crippen LogP contribution is 2.31. The minimum Gasteiger partial charge on any atom is -0.493 e. The number of nitrogens with one attached hydrogen (secondary N) is 1. The molecule has 2 rings (SSSR count). The first-order valence-electron chi connectivity index (χ1n) is 8.98. The summed E-state index contributed by atoms with van der Waals surface area (Å²) in [6.45, 7) is -0.187. The Hall–Kier alpha value is -3.81. The first-order chi connectivity index (χ1) is 14.5. The Kier molecular flexibility index (Phi) is 8.43. The van der Waals surface area contributed by atoms with Crippen molar-refractivity contribution >= 4 is 23.9 Å². The molecule has 0 radical (unpaired) electrons. The first-order valence-corrected chi connectivity index (χ1v) is 8.98. The molecule has 0 saturated heterocycles. The Bertz CT molecular complexity index is 920. The normalized spacial score (nSPS) is 10.4. The van der Waals surface area contributed by atoms with Crippen molar-refractivity contribution in [3.05, 3.63) is 65.2 Å². The second-order valence-electron chi connectivity index (χ2n) is 5.99. The number of benzene rings is 2. The largest absolute Gasteiger partial charge is 0.493 e. The van der Waals surface area contributed by atoms with E-state index in [-0.39, 0.29) is 6.54 Å². The third kappa shape index (κ3) is 6.37. The first kappa shape index (κ1) is 22.5. The number of hydrogen-bond acceptors (Lipinski definition) is 7. The molecule has 0 unspecified atom stereocenters. The summed E-state index contributed by atoms with van der Waals surface area (Å²) < 4.78 is 20.0. The lowest BCUT2D eigenvalue weighted by Gasteiger charge is -2.09. The molecule has 8 nitrogen and oxygen atoms in total. The van der Waals surface area contributed by atoms with Gasteiger partial charge in [0.15, 0.2) is 18.1 Å². The van der Waals surface area contributed by atoms with E-state index >= 15 is 0 Å². The highest BCUT2D eigenvalue weighted by atomic mass is 16.5. The minimum absolute atomic E-state index is 0.231. The van der Waals surface area contributed by atoms with E-state index in [4.69, 9.17) is 14.2 Å². The standard InChI is InChI=1S/C22H23NO7/c1-27-18-6-4-5-16(21(18)28-2)11-12-20(25)30-14-19(24)23-13-15-7-9-17(10-8-15)22(26)29-3/h4-12H,13-14H2,1-3H3,(H,23,24). The molecule has 0 saturated carbocycles. The maximum atomic E-state index is 11.9. The summed E-state index contributed by atoms with van der Waals surface area (Å²) in [4.78, 5) is 35.1. The molecule has 1 N–H and O–H groups in total. The van der Waals surface area contributed by atoms with Crippen LogP contribution in [0.2, 0.25) is 0 Å². The minimum atomic E-state index is -0.669. The average molecular weight is 413 g/mol. The van der Waals surface area contributed by atoms with Crippen LogP contribution in [0, 0.1) is 0 Å². The number of methoxy groups -OCH3 is 3. The Morgan fingerprint density at radius 2 is 1.70 bits per heavy atom. The summed E-state index contributed by atoms with van der Waals surface area (Å²) in [7, 11) is 4.33. The van der Waals surface area contributed by atoms with Gasteiger partial charge in [0.1, 0.15) is 0 Å². The fraction of sp³-hybridized carbons (Fsp3) is 0.227. The van der Waals surface area contributed by atoms with Crippen molar-refractivity contribution in [2.24, 2.45) is 0 Å². The van der Waals surface area contributed by atoms with Crippen molar-refractivity contribution in [1.82, 2.24) is 5.32 Å². The third-order valence-corrected chi connectivity index (χ3v) is 4.04. The van der Waals surface area contributed by atoms with Gasteiger partial charge >= 0.3 is 11.9 Å². The molecule has 0 atom stereocenters. The van der Waals surface area contributed by atoms with Crippen LogP contribution < -0.4 is 14.8 Å². The summed E-state index contributed by atoms with van der Waals surface area (Å²) in [6, 6.07) is 11.9. The molecule has 30 heavy (non-hydrogen) atoms. The smallest absolute Gasteiger partial charge is 0.337 e. The molecule has 0 bridgehead atoms. The van der Waals surface area contributed by atoms with E-state index in [0.717, 1.165) is 5.56 Å². The maximum Gasteiger partial charge on any atom is 0.337 e. The number of carbonyl (C=O) groups is 3. The number of ether oxygens (including phenoxy) is 4. The van der Waals surface area contributed by atoms with Gasteiger partial charge in [-0.25, -0.2) is 9.59 Å². The molecule has 2 aromatic carbocycles. The number of amides is 1. The van der Waals surface area contributed by atoms with Crippen LogP contribution in [0.25, 0.3) is 6.08 Å². The summed E-state index contributed by atoms with van der Waals surface area (Å²) in [5.41, 5.74) is 1.84. The Morgan fingerprint density at radius 1 is 0.967 bits per heavy atom. The van der Waals surface area contributed by atoms with E-state index in [1.165, 1.54) is 33.5 Å². The molecule has 0 fully saturated rings. The summed E-state index contributed by atoms with van der Waals surface area (Å²) >= 11 is 0. The van der Waals surface area contributed by atoms with Crippen LogP contribution in [0.5, 0.6) is 11.5 Å². The zero-order chi connectivity index (χ0) is 21.9. The van der Waals surface area contributed by atoms with Gasteiger partial charge in [-0.15, -0.1) is 0 Å². The van der Waals surface area contributed by atoms with Crippen molar-refractivity contribution in [3.63, 3.8) is 0 Å². The third-order valence-electron chi connectivity index (χ3n) is 4.04. The van der Waals surface area contributed by atoms with Crippen molar-refractivity contribution in [2.45, 2.75) is 6.54 Å². The number of hydrogen-bond donors (Lipinski definition) is 1. The molecular formula is C22H23NO7. The topological polar surface area (TPSA) is 100 Å². The molecule has 158 valence electrons. The molecule has 2 aromatic rings. The van der Waals surface area contributed by atoms with Crippen molar-refractivity contribution in [2.75, 3.05) is 27.9 Å². The van der Waals surface area contributed by atoms with Crippen LogP contribution in [0.1, 0.15) is 21.5 Å². The molecule has 8 heteroatoms. The quantitative estimate of drug-likeness (QED) is 0.498. The van der Waals surface area contributed by atoms with Gasteiger partial charge in [-0.2, -0.15) is 0 Å². The second kappa shape index (κ2) is 11.3. The SMILES string of the molecule is COC(=O)c1ccc(CNC(=O)COC(=O)C=Cc2cccc(OC)c2OC)cc1. The number of para-hydroxylation sites is 1. The lowest BCUT2D eigenvalue weighted by Crippen LogP contribution is -2.28. The molecular weight excluding hydrogens is 390 g/mol. The van der Waals surface area contributed by atoms with Gasteiger partial charge in [0.2, 0.25) is 0 Å². The fourth-order valence-electron chi connectivity index (χ4n) is 2.51. The molecule has 0 aliphatic rings. The van der Waals surface area contributed by atoms with E-state index < -0.39 is 24.5 Å². The Labute approximate surface area is 174 Å². The predicted octanol–water partition coefficient (Wildman–Crippen LogP) is 2.36. The number of esters is 2. The fourth-order valence-corrected chi connectivity index (χ4v) is 2.51. The molecule has 0 spiro atoms. The molecule has 1 amide bonds. The van der Waals surface area contributed by atoms with Crippen LogP contribution in [0.3, 0.4) is 0 Å². The van der Waals surface area contributed by atoms with Crippen LogP contribution in [0.15, 0.2) is 48.5 Å². The number of rotatable bonds is 9. The van der Waals surface area contributed by atoms with E-state index in [1.807, 2.05) is 0 Å². The van der Waals surface area contributed by atoms with E-state index in [0.29, 0.717) is 22.6 Å². The van der Waals surface area contributed by atoms with Crippen LogP contribution in [-0.4, -0.2) is 45.8 Å². The highest BCUT2D eigenvalue weighted by Gasteiger charge is 2.09. The van der Waals surface area contributed by atoms with Gasteiger partial charge in [-0.1, -0.05) is 24.3 Å². The lowest BCUT2D eigenvalue weighted by molar-refractivity contribution is -0.143. The molecule has 0 aromatic heterocycles. The maximum absolute atomic E-state index is 11.9. The predicted molar refractivity (Wildman–Crippen MR) is 109 cm³/mol. The van der Waals surface area contributed by atoms with Crippen LogP contribution in [-0.2, 0) is 25.6 Å². The van der Waals surface area contributed by atoms with E-state index in [9.17, 15) is 14.4 Å². The van der Waals surface area contributed by atoms with Gasteiger partial charge in [-0.3, -0.25) is 4.79 Å². The zero-order valence-corrected chi connectivity index (χ0v) is 17.0. The van der Waals surface area contributed by atoms with Gasteiger partial charge < -0.3 is 24.3 Å². The highest BCUT2D eigenvalue weighted by molar-refractivity contribution is 5.90. The van der Waals surface area contributed by atoms with Gasteiger partial charge in [0, 0.05) is 18.2 Å². The molecule has 0 aliphatic carbocycles. The van der Waals surface area contributed by atoms with E-state index in [1.54, 1.807) is 42.5 Å². The summed E-state index contributed by atoms with van der Waals surface area (Å²) in [6.07, 6.45) is 2.72. The van der Waals surface area contributed by atoms with Crippen molar-refractivity contribution in [3.8, 4) is 11.5 Å². The lowest BCUT2D eigenvalue weighted by atomic mass is 10.1. The van der Waals surface area contributed by atoms with Gasteiger partial charge in [0.25, 0.3) is 5.91 Å². The van der Waals surface area contributed by atoms with Gasteiger partial charge in [-0.05, 0) is 29.8 Å². The summed E-state index contributed by atoms with van der Waals surface area (Å²) in [5.74, 6) is -0.533. The second-order valence-corrected chi connectivity index (χ2v) is 5.99. The Balaban J connectivity index is 1.81. The van der Waals surface area contributed by atoms with Crippen molar-refractivity contribution in [1.29, 1.82) is 0 Å². The van der Waals surface area contributed by atoms with E-state index in [2.05, 4.69) is 10.1 Å². The monoisotopic (exact) mass is 413 g/mol. The molecule has 0 aliphatic heterocycles. The van der Waals surface area contributed by atoms with Crippen molar-refractivity contribution < 1.29 is 33.3 Å². The Morgan fingerprint density at radius 3 is 2.33 bits per heavy atom. The zero-order valence-electron chi connectivity index (χ0n) is 17.0. The van der Waals surface area contributed by atoms with Crippen LogP contribution in [0.4, 0.5) is 0 Å². The average Bonchev–Trinajstić information content (AvgIpc) is 2.79. The summed E-state index contributed by atoms with van der Waals surface area (Å²) in [5, 5.41) is 2.63. The van der Waals surface area contributed by atoms with Gasteiger partial charge in [0.05, 0.1) is 26.9 Å². The number of carbonyl (C=O) groups excluding carboxylic acids is 3. The molecule has 0 heterocycles.